The van der Waals surface area contributed by atoms with E-state index in [0.717, 1.165) is 50.6 Å². The molecule has 0 aromatic carbocycles. The Kier molecular flexibility index (Phi) is 5.30. The molecule has 5 heteroatoms. The third-order valence-electron chi connectivity index (χ3n) is 3.22. The molecule has 4 nitrogen and oxygen atoms in total. The molecule has 0 atom stereocenters. The lowest BCUT2D eigenvalue weighted by molar-refractivity contribution is 0.221. The summed E-state index contributed by atoms with van der Waals surface area (Å²) in [5, 5.41) is 7.46. The molecule has 0 saturated carbocycles. The maximum absolute atomic E-state index is 5.43. The van der Waals surface area contributed by atoms with Crippen molar-refractivity contribution in [3.8, 4) is 0 Å². The van der Waals surface area contributed by atoms with Crippen LogP contribution in [-0.4, -0.2) is 40.2 Å². The number of hydrogen-bond donors (Lipinski definition) is 1. The van der Waals surface area contributed by atoms with Crippen LogP contribution in [-0.2, 0) is 13.1 Å². The number of nitrogens with one attached hydrogen (secondary N) is 1. The van der Waals surface area contributed by atoms with Crippen LogP contribution < -0.4 is 5.32 Å². The van der Waals surface area contributed by atoms with Crippen LogP contribution in [0.2, 0.25) is 0 Å². The third-order valence-corrected chi connectivity index (χ3v) is 4.52. The van der Waals surface area contributed by atoms with Crippen LogP contribution in [0.3, 0.4) is 0 Å². The molecule has 2 rings (SSSR count). The number of rotatable bonds is 6. The maximum atomic E-state index is 5.43. The van der Waals surface area contributed by atoms with Crippen LogP contribution in [0, 0.1) is 0 Å². The molecule has 0 bridgehead atoms. The summed E-state index contributed by atoms with van der Waals surface area (Å²) in [5.74, 6) is 2.18. The van der Waals surface area contributed by atoms with Gasteiger partial charge < -0.3 is 9.84 Å². The summed E-state index contributed by atoms with van der Waals surface area (Å²) in [6.45, 7) is 11.7. The minimum absolute atomic E-state index is 0.351. The molecule has 1 aliphatic heterocycles. The van der Waals surface area contributed by atoms with Gasteiger partial charge in [-0.3, -0.25) is 4.90 Å². The van der Waals surface area contributed by atoms with E-state index in [2.05, 4.69) is 54.0 Å². The van der Waals surface area contributed by atoms with Crippen LogP contribution in [0.4, 0.5) is 0 Å². The summed E-state index contributed by atoms with van der Waals surface area (Å²) in [7, 11) is 0. The fourth-order valence-corrected chi connectivity index (χ4v) is 3.55. The van der Waals surface area contributed by atoms with Gasteiger partial charge in [-0.05, 0) is 26.8 Å². The molecule has 0 aliphatic carbocycles. The molecule has 2 heterocycles. The van der Waals surface area contributed by atoms with Crippen LogP contribution in [0.15, 0.2) is 10.6 Å². The van der Waals surface area contributed by atoms with Crippen molar-refractivity contribution >= 4 is 11.8 Å². The van der Waals surface area contributed by atoms with Crippen molar-refractivity contribution < 1.29 is 4.52 Å². The molecule has 1 aromatic rings. The van der Waals surface area contributed by atoms with Gasteiger partial charge in [0, 0.05) is 36.2 Å². The standard InChI is InChI=1S/C14H25N3OS/c1-4-5-15-9-12-8-13(18-16-12)10-17-6-7-19-14(2,3)11-17/h8,15H,4-7,9-11H2,1-3H3. The first kappa shape index (κ1) is 14.9. The van der Waals surface area contributed by atoms with Crippen molar-refractivity contribution in [3.63, 3.8) is 0 Å². The Morgan fingerprint density at radius 2 is 2.37 bits per heavy atom. The van der Waals surface area contributed by atoms with E-state index < -0.39 is 0 Å². The van der Waals surface area contributed by atoms with Gasteiger partial charge in [0.05, 0.1) is 12.2 Å². The van der Waals surface area contributed by atoms with Gasteiger partial charge in [-0.25, -0.2) is 0 Å². The largest absolute Gasteiger partial charge is 0.360 e. The Morgan fingerprint density at radius 1 is 1.53 bits per heavy atom. The summed E-state index contributed by atoms with van der Waals surface area (Å²) in [5.41, 5.74) is 1.01. The van der Waals surface area contributed by atoms with E-state index in [1.54, 1.807) is 0 Å². The number of thioether (sulfide) groups is 1. The molecule has 1 fully saturated rings. The van der Waals surface area contributed by atoms with E-state index in [1.807, 2.05) is 0 Å². The normalized spacial score (nSPS) is 19.7. The molecule has 0 unspecified atom stereocenters. The van der Waals surface area contributed by atoms with E-state index >= 15 is 0 Å². The van der Waals surface area contributed by atoms with Gasteiger partial charge in [0.25, 0.3) is 0 Å². The number of hydrogen-bond acceptors (Lipinski definition) is 5. The van der Waals surface area contributed by atoms with Crippen molar-refractivity contribution in [1.29, 1.82) is 0 Å². The lowest BCUT2D eigenvalue weighted by atomic mass is 10.2. The van der Waals surface area contributed by atoms with Crippen molar-refractivity contribution in [2.24, 2.45) is 0 Å². The highest BCUT2D eigenvalue weighted by atomic mass is 32.2. The Hall–Kier alpha value is -0.520. The molecule has 0 amide bonds. The fourth-order valence-electron chi connectivity index (χ4n) is 2.38. The highest BCUT2D eigenvalue weighted by Gasteiger charge is 2.27. The van der Waals surface area contributed by atoms with Gasteiger partial charge in [0.2, 0.25) is 0 Å². The molecular weight excluding hydrogens is 258 g/mol. The van der Waals surface area contributed by atoms with Crippen molar-refractivity contribution in [2.45, 2.75) is 45.0 Å². The Labute approximate surface area is 120 Å². The molecule has 1 aliphatic rings. The minimum Gasteiger partial charge on any atom is -0.360 e. The average molecular weight is 283 g/mol. The highest BCUT2D eigenvalue weighted by Crippen LogP contribution is 2.30. The molecular formula is C14H25N3OS. The van der Waals surface area contributed by atoms with E-state index in [9.17, 15) is 0 Å². The molecule has 1 aromatic heterocycles. The van der Waals surface area contributed by atoms with E-state index in [1.165, 1.54) is 5.75 Å². The van der Waals surface area contributed by atoms with Crippen LogP contribution in [0.25, 0.3) is 0 Å². The summed E-state index contributed by atoms with van der Waals surface area (Å²) in [6, 6.07) is 2.08. The summed E-state index contributed by atoms with van der Waals surface area (Å²) in [6.07, 6.45) is 1.14. The molecule has 0 spiro atoms. The van der Waals surface area contributed by atoms with E-state index in [-0.39, 0.29) is 0 Å². The number of aromatic nitrogens is 1. The molecule has 19 heavy (non-hydrogen) atoms. The van der Waals surface area contributed by atoms with Crippen molar-refractivity contribution in [2.75, 3.05) is 25.4 Å². The van der Waals surface area contributed by atoms with Crippen LogP contribution in [0.5, 0.6) is 0 Å². The van der Waals surface area contributed by atoms with Crippen LogP contribution in [0.1, 0.15) is 38.6 Å². The fraction of sp³-hybridized carbons (Fsp3) is 0.786. The van der Waals surface area contributed by atoms with Gasteiger partial charge in [-0.2, -0.15) is 11.8 Å². The van der Waals surface area contributed by atoms with Crippen molar-refractivity contribution in [1.82, 2.24) is 15.4 Å². The van der Waals surface area contributed by atoms with Gasteiger partial charge in [0.15, 0.2) is 5.76 Å². The first-order valence-electron chi connectivity index (χ1n) is 7.10. The van der Waals surface area contributed by atoms with E-state index in [0.29, 0.717) is 4.75 Å². The molecule has 0 radical (unpaired) electrons. The van der Waals surface area contributed by atoms with E-state index in [4.69, 9.17) is 4.52 Å². The van der Waals surface area contributed by atoms with Crippen molar-refractivity contribution in [3.05, 3.63) is 17.5 Å². The topological polar surface area (TPSA) is 41.3 Å². The SMILES string of the molecule is CCCNCc1cc(CN2CCSC(C)(C)C2)on1. The molecule has 1 N–H and O–H groups in total. The monoisotopic (exact) mass is 283 g/mol. The average Bonchev–Trinajstić information content (AvgIpc) is 2.76. The lowest BCUT2D eigenvalue weighted by Crippen LogP contribution is -2.42. The minimum atomic E-state index is 0.351. The second kappa shape index (κ2) is 6.77. The first-order valence-corrected chi connectivity index (χ1v) is 8.09. The zero-order chi connectivity index (χ0) is 13.7. The predicted molar refractivity (Wildman–Crippen MR) is 80.3 cm³/mol. The molecule has 1 saturated heterocycles. The molecule has 108 valence electrons. The Balaban J connectivity index is 1.82. The maximum Gasteiger partial charge on any atom is 0.151 e. The summed E-state index contributed by atoms with van der Waals surface area (Å²) in [4.78, 5) is 2.46. The quantitative estimate of drug-likeness (QED) is 0.812. The zero-order valence-electron chi connectivity index (χ0n) is 12.2. The second-order valence-electron chi connectivity index (χ2n) is 5.78. The van der Waals surface area contributed by atoms with Crippen LogP contribution >= 0.6 is 11.8 Å². The Morgan fingerprint density at radius 3 is 3.11 bits per heavy atom. The second-order valence-corrected chi connectivity index (χ2v) is 7.58. The number of nitrogens with zero attached hydrogens (tertiary/aromatic N) is 2. The highest BCUT2D eigenvalue weighted by molar-refractivity contribution is 8.00. The third kappa shape index (κ3) is 4.82. The zero-order valence-corrected chi connectivity index (χ0v) is 13.1. The van der Waals surface area contributed by atoms with Gasteiger partial charge in [-0.15, -0.1) is 0 Å². The lowest BCUT2D eigenvalue weighted by Gasteiger charge is -2.36. The first-order chi connectivity index (χ1) is 9.09. The summed E-state index contributed by atoms with van der Waals surface area (Å²) >= 11 is 2.06. The summed E-state index contributed by atoms with van der Waals surface area (Å²) < 4.78 is 5.78. The Bertz CT molecular complexity index is 392. The van der Waals surface area contributed by atoms with Gasteiger partial charge in [-0.1, -0.05) is 12.1 Å². The smallest absolute Gasteiger partial charge is 0.151 e. The van der Waals surface area contributed by atoms with Gasteiger partial charge in [0.1, 0.15) is 0 Å². The predicted octanol–water partition coefficient (Wildman–Crippen LogP) is 2.50. The van der Waals surface area contributed by atoms with Gasteiger partial charge >= 0.3 is 0 Å².